The summed E-state index contributed by atoms with van der Waals surface area (Å²) >= 11 is 6.08. The number of hydrogen-bond donors (Lipinski definition) is 2. The Morgan fingerprint density at radius 1 is 1.50 bits per heavy atom. The topological polar surface area (TPSA) is 63.8 Å². The number of hydrogen-bond acceptors (Lipinski definition) is 2. The lowest BCUT2D eigenvalue weighted by Gasteiger charge is -2.19. The molecule has 0 saturated heterocycles. The van der Waals surface area contributed by atoms with Gasteiger partial charge in [-0.05, 0) is 26.0 Å². The molecule has 1 heterocycles. The van der Waals surface area contributed by atoms with Gasteiger partial charge in [0.2, 0.25) is 0 Å². The molecule has 86 valence electrons. The molecular weight excluding hydrogens is 226 g/mol. The van der Waals surface area contributed by atoms with Crippen LogP contribution in [-0.2, 0) is 6.54 Å². The number of aromatic nitrogens is 2. The molecule has 0 aliphatic heterocycles. The summed E-state index contributed by atoms with van der Waals surface area (Å²) in [5.74, 6) is 0. The number of nitrogens with one attached hydrogen (secondary N) is 1. The monoisotopic (exact) mass is 239 g/mol. The highest BCUT2D eigenvalue weighted by molar-refractivity contribution is 6.34. The quantitative estimate of drug-likeness (QED) is 0.838. The minimum absolute atomic E-state index is 0.179. The maximum atomic E-state index is 11.8. The maximum Gasteiger partial charge on any atom is 0.326 e. The van der Waals surface area contributed by atoms with Crippen LogP contribution in [0.4, 0.5) is 0 Å². The smallest absolute Gasteiger partial charge is 0.324 e. The van der Waals surface area contributed by atoms with Crippen molar-refractivity contribution in [3.8, 4) is 0 Å². The van der Waals surface area contributed by atoms with Gasteiger partial charge in [0, 0.05) is 12.1 Å². The van der Waals surface area contributed by atoms with Crippen LogP contribution in [0.5, 0.6) is 0 Å². The highest BCUT2D eigenvalue weighted by Crippen LogP contribution is 2.21. The molecule has 16 heavy (non-hydrogen) atoms. The number of fused-ring (bicyclic) bond motifs is 1. The molecule has 0 unspecified atom stereocenters. The molecule has 0 aliphatic carbocycles. The number of aromatic amines is 1. The van der Waals surface area contributed by atoms with Crippen LogP contribution in [0.3, 0.4) is 0 Å². The Balaban J connectivity index is 2.69. The second-order valence-electron chi connectivity index (χ2n) is 4.64. The molecule has 0 atom stereocenters. The van der Waals surface area contributed by atoms with Gasteiger partial charge in [0.1, 0.15) is 0 Å². The molecule has 0 spiro atoms. The third kappa shape index (κ3) is 1.99. The van der Waals surface area contributed by atoms with Gasteiger partial charge in [-0.15, -0.1) is 0 Å². The Hall–Kier alpha value is -1.26. The Kier molecular flexibility index (Phi) is 2.56. The van der Waals surface area contributed by atoms with Gasteiger partial charge in [0.15, 0.2) is 0 Å². The third-order valence-corrected chi connectivity index (χ3v) is 2.61. The highest BCUT2D eigenvalue weighted by atomic mass is 35.5. The number of nitrogens with two attached hydrogens (primary N) is 1. The van der Waals surface area contributed by atoms with Crippen molar-refractivity contribution in [2.75, 3.05) is 0 Å². The molecule has 0 amide bonds. The molecule has 1 aromatic carbocycles. The molecule has 0 fully saturated rings. The molecular formula is C11H14ClN3O. The van der Waals surface area contributed by atoms with Crippen LogP contribution in [0.15, 0.2) is 23.0 Å². The largest absolute Gasteiger partial charge is 0.326 e. The second-order valence-corrected chi connectivity index (χ2v) is 5.05. The van der Waals surface area contributed by atoms with Crippen LogP contribution in [0.2, 0.25) is 5.02 Å². The maximum absolute atomic E-state index is 11.8. The van der Waals surface area contributed by atoms with Gasteiger partial charge in [0.05, 0.1) is 16.1 Å². The lowest BCUT2D eigenvalue weighted by molar-refractivity contribution is 0.434. The summed E-state index contributed by atoms with van der Waals surface area (Å²) in [7, 11) is 0. The van der Waals surface area contributed by atoms with Crippen molar-refractivity contribution in [2.45, 2.75) is 25.9 Å². The van der Waals surface area contributed by atoms with E-state index in [1.807, 2.05) is 19.9 Å². The molecule has 2 rings (SSSR count). The Morgan fingerprint density at radius 3 is 2.81 bits per heavy atom. The van der Waals surface area contributed by atoms with E-state index in [-0.39, 0.29) is 5.69 Å². The lowest BCUT2D eigenvalue weighted by atomic mass is 10.1. The van der Waals surface area contributed by atoms with Crippen molar-refractivity contribution in [2.24, 2.45) is 5.73 Å². The zero-order valence-corrected chi connectivity index (χ0v) is 10.0. The summed E-state index contributed by atoms with van der Waals surface area (Å²) in [5.41, 5.74) is 6.73. The summed E-state index contributed by atoms with van der Waals surface area (Å²) in [6.07, 6.45) is 0. The van der Waals surface area contributed by atoms with Crippen LogP contribution >= 0.6 is 11.6 Å². The molecule has 1 aromatic heterocycles. The predicted molar refractivity (Wildman–Crippen MR) is 65.8 cm³/mol. The highest BCUT2D eigenvalue weighted by Gasteiger charge is 2.17. The fourth-order valence-corrected chi connectivity index (χ4v) is 2.01. The summed E-state index contributed by atoms with van der Waals surface area (Å²) < 4.78 is 1.58. The second kappa shape index (κ2) is 3.64. The van der Waals surface area contributed by atoms with Gasteiger partial charge >= 0.3 is 5.69 Å². The standard InChI is InChI=1S/C11H14ClN3O/c1-11(2,13)6-15-9-7(12)4-3-5-8(9)14-10(15)16/h3-5H,6,13H2,1-2H3,(H,14,16). The fourth-order valence-electron chi connectivity index (χ4n) is 1.73. The van der Waals surface area contributed by atoms with E-state index in [1.165, 1.54) is 0 Å². The molecule has 0 aliphatic rings. The summed E-state index contributed by atoms with van der Waals surface area (Å²) in [6.45, 7) is 4.17. The molecule has 2 aromatic rings. The van der Waals surface area contributed by atoms with Gasteiger partial charge in [-0.3, -0.25) is 4.57 Å². The number of benzene rings is 1. The number of nitrogens with zero attached hydrogens (tertiary/aromatic N) is 1. The van der Waals surface area contributed by atoms with Crippen LogP contribution in [0.1, 0.15) is 13.8 Å². The van der Waals surface area contributed by atoms with E-state index in [4.69, 9.17) is 17.3 Å². The minimum atomic E-state index is -0.460. The number of imidazole rings is 1. The Labute approximate surface area is 98.0 Å². The summed E-state index contributed by atoms with van der Waals surface area (Å²) in [4.78, 5) is 14.5. The van der Waals surface area contributed by atoms with Crippen molar-refractivity contribution < 1.29 is 0 Å². The molecule has 5 heteroatoms. The minimum Gasteiger partial charge on any atom is -0.324 e. The van der Waals surface area contributed by atoms with Crippen molar-refractivity contribution in [1.82, 2.24) is 9.55 Å². The fraction of sp³-hybridized carbons (Fsp3) is 0.364. The first-order chi connectivity index (χ1) is 7.38. The van der Waals surface area contributed by atoms with E-state index in [2.05, 4.69) is 4.98 Å². The van der Waals surface area contributed by atoms with Gasteiger partial charge in [-0.25, -0.2) is 4.79 Å². The Morgan fingerprint density at radius 2 is 2.19 bits per heavy atom. The van der Waals surface area contributed by atoms with E-state index in [0.717, 1.165) is 5.52 Å². The number of halogens is 1. The molecule has 3 N–H and O–H groups in total. The van der Waals surface area contributed by atoms with Crippen molar-refractivity contribution in [3.63, 3.8) is 0 Å². The van der Waals surface area contributed by atoms with Gasteiger partial charge in [-0.2, -0.15) is 0 Å². The van der Waals surface area contributed by atoms with Crippen LogP contribution in [0, 0.1) is 0 Å². The van der Waals surface area contributed by atoms with Gasteiger partial charge < -0.3 is 10.7 Å². The van der Waals surface area contributed by atoms with Crippen molar-refractivity contribution >= 4 is 22.6 Å². The number of rotatable bonds is 2. The average Bonchev–Trinajstić information content (AvgIpc) is 2.42. The van der Waals surface area contributed by atoms with Gasteiger partial charge in [0.25, 0.3) is 0 Å². The van der Waals surface area contributed by atoms with Crippen molar-refractivity contribution in [3.05, 3.63) is 33.7 Å². The number of H-pyrrole nitrogens is 1. The van der Waals surface area contributed by atoms with E-state index >= 15 is 0 Å². The first-order valence-corrected chi connectivity index (χ1v) is 5.42. The lowest BCUT2D eigenvalue weighted by Crippen LogP contribution is -2.39. The zero-order chi connectivity index (χ0) is 11.9. The zero-order valence-electron chi connectivity index (χ0n) is 9.25. The normalized spacial score (nSPS) is 12.2. The Bertz CT molecular complexity index is 577. The first-order valence-electron chi connectivity index (χ1n) is 5.04. The van der Waals surface area contributed by atoms with Crippen molar-refractivity contribution in [1.29, 1.82) is 0 Å². The summed E-state index contributed by atoms with van der Waals surface area (Å²) in [5, 5.41) is 0.556. The van der Waals surface area contributed by atoms with E-state index < -0.39 is 5.54 Å². The molecule has 0 saturated carbocycles. The SMILES string of the molecule is CC(C)(N)Cn1c(=O)[nH]c2cccc(Cl)c21. The predicted octanol–water partition coefficient (Wildman–Crippen LogP) is 1.72. The average molecular weight is 240 g/mol. The van der Waals surface area contributed by atoms with E-state index in [0.29, 0.717) is 17.1 Å². The van der Waals surface area contributed by atoms with Crippen LogP contribution in [-0.4, -0.2) is 15.1 Å². The third-order valence-electron chi connectivity index (χ3n) is 2.31. The van der Waals surface area contributed by atoms with E-state index in [1.54, 1.807) is 16.7 Å². The molecule has 4 nitrogen and oxygen atoms in total. The summed E-state index contributed by atoms with van der Waals surface area (Å²) in [6, 6.07) is 5.39. The van der Waals surface area contributed by atoms with Crippen LogP contribution < -0.4 is 11.4 Å². The first kappa shape index (κ1) is 11.2. The molecule has 0 bridgehead atoms. The van der Waals surface area contributed by atoms with Crippen LogP contribution in [0.25, 0.3) is 11.0 Å². The molecule has 0 radical (unpaired) electrons. The van der Waals surface area contributed by atoms with Gasteiger partial charge in [-0.1, -0.05) is 17.7 Å². The number of para-hydroxylation sites is 1. The van der Waals surface area contributed by atoms with E-state index in [9.17, 15) is 4.79 Å².